The summed E-state index contributed by atoms with van der Waals surface area (Å²) in [5.41, 5.74) is 0.461. The predicted octanol–water partition coefficient (Wildman–Crippen LogP) is 3.54. The van der Waals surface area contributed by atoms with E-state index in [0.29, 0.717) is 13.1 Å². The molecule has 130 valence electrons. The molecule has 2 rings (SSSR count). The fourth-order valence-electron chi connectivity index (χ4n) is 2.43. The summed E-state index contributed by atoms with van der Waals surface area (Å²) in [6, 6.07) is 9.55. The molecule has 0 N–H and O–H groups in total. The van der Waals surface area contributed by atoms with Crippen molar-refractivity contribution in [2.75, 3.05) is 13.1 Å². The lowest BCUT2D eigenvalue weighted by atomic mass is 10.1. The minimum absolute atomic E-state index is 0.154. The summed E-state index contributed by atoms with van der Waals surface area (Å²) in [6.07, 6.45) is 3.79. The lowest BCUT2D eigenvalue weighted by molar-refractivity contribution is -0.139. The summed E-state index contributed by atoms with van der Waals surface area (Å²) in [5, 5.41) is 0. The van der Waals surface area contributed by atoms with Crippen molar-refractivity contribution >= 4 is 12.1 Å². The maximum atomic E-state index is 12.0. The van der Waals surface area contributed by atoms with E-state index in [2.05, 4.69) is 0 Å². The second-order valence-corrected chi connectivity index (χ2v) is 6.93. The van der Waals surface area contributed by atoms with Gasteiger partial charge < -0.3 is 14.4 Å². The molecule has 0 aromatic heterocycles. The van der Waals surface area contributed by atoms with Gasteiger partial charge in [-0.15, -0.1) is 0 Å². The van der Waals surface area contributed by atoms with Crippen LogP contribution in [0.2, 0.25) is 0 Å². The molecule has 1 heterocycles. The van der Waals surface area contributed by atoms with Crippen LogP contribution >= 0.6 is 0 Å². The van der Waals surface area contributed by atoms with E-state index < -0.39 is 5.60 Å². The van der Waals surface area contributed by atoms with Gasteiger partial charge in [0.25, 0.3) is 0 Å². The highest BCUT2D eigenvalue weighted by molar-refractivity contribution is 5.82. The Bertz CT molecular complexity index is 589. The van der Waals surface area contributed by atoms with E-state index in [0.717, 1.165) is 12.0 Å². The molecule has 1 fully saturated rings. The quantitative estimate of drug-likeness (QED) is 0.625. The van der Waals surface area contributed by atoms with Crippen LogP contribution in [0.4, 0.5) is 4.79 Å². The Morgan fingerprint density at radius 2 is 1.96 bits per heavy atom. The number of benzene rings is 1. The van der Waals surface area contributed by atoms with E-state index in [4.69, 9.17) is 9.47 Å². The first-order valence-electron chi connectivity index (χ1n) is 8.20. The van der Waals surface area contributed by atoms with Gasteiger partial charge >= 0.3 is 12.1 Å². The largest absolute Gasteiger partial charge is 0.458 e. The molecule has 0 aliphatic carbocycles. The molecule has 0 unspecified atom stereocenters. The first kappa shape index (κ1) is 18.0. The van der Waals surface area contributed by atoms with Crippen LogP contribution in [0, 0.1) is 5.92 Å². The summed E-state index contributed by atoms with van der Waals surface area (Å²) >= 11 is 0. The Morgan fingerprint density at radius 3 is 2.62 bits per heavy atom. The number of ether oxygens (including phenoxy) is 2. The van der Waals surface area contributed by atoms with Crippen LogP contribution in [0.15, 0.2) is 42.5 Å². The zero-order valence-corrected chi connectivity index (χ0v) is 14.5. The van der Waals surface area contributed by atoms with Crippen molar-refractivity contribution in [1.29, 1.82) is 0 Å². The third kappa shape index (κ3) is 6.07. The molecule has 1 aliphatic heterocycles. The third-order valence-electron chi connectivity index (χ3n) is 3.60. The Labute approximate surface area is 143 Å². The zero-order valence-electron chi connectivity index (χ0n) is 14.5. The van der Waals surface area contributed by atoms with Crippen molar-refractivity contribution < 1.29 is 19.1 Å². The van der Waals surface area contributed by atoms with E-state index in [1.54, 1.807) is 4.90 Å². The molecule has 5 heteroatoms. The number of likely N-dealkylation sites (tertiary alicyclic amines) is 1. The highest BCUT2D eigenvalue weighted by Gasteiger charge is 2.28. The number of nitrogens with zero attached hydrogens (tertiary/aromatic N) is 1. The predicted molar refractivity (Wildman–Crippen MR) is 91.3 cm³/mol. The smallest absolute Gasteiger partial charge is 0.410 e. The van der Waals surface area contributed by atoms with Crippen LogP contribution in [0.1, 0.15) is 32.8 Å². The molecule has 1 aromatic rings. The monoisotopic (exact) mass is 331 g/mol. The van der Waals surface area contributed by atoms with Crippen LogP contribution in [0.3, 0.4) is 0 Å². The van der Waals surface area contributed by atoms with E-state index in [9.17, 15) is 9.59 Å². The van der Waals surface area contributed by atoms with E-state index >= 15 is 0 Å². The van der Waals surface area contributed by atoms with Crippen LogP contribution in [-0.2, 0) is 20.9 Å². The Kier molecular flexibility index (Phi) is 6.01. The number of amides is 1. The molecule has 1 amide bonds. The van der Waals surface area contributed by atoms with Gasteiger partial charge in [0.1, 0.15) is 12.2 Å². The third-order valence-corrected chi connectivity index (χ3v) is 3.60. The Balaban J connectivity index is 1.75. The molecule has 24 heavy (non-hydrogen) atoms. The molecule has 1 aromatic carbocycles. The molecule has 0 spiro atoms. The topological polar surface area (TPSA) is 55.8 Å². The molecule has 1 aliphatic rings. The first-order valence-corrected chi connectivity index (χ1v) is 8.20. The molecular weight excluding hydrogens is 306 g/mol. The number of hydrogen-bond donors (Lipinski definition) is 0. The number of rotatable bonds is 4. The van der Waals surface area contributed by atoms with Crippen molar-refractivity contribution in [3.8, 4) is 0 Å². The van der Waals surface area contributed by atoms with Gasteiger partial charge in [0.2, 0.25) is 0 Å². The molecule has 0 radical (unpaired) electrons. The second-order valence-electron chi connectivity index (χ2n) is 6.93. The van der Waals surface area contributed by atoms with Gasteiger partial charge in [-0.2, -0.15) is 0 Å². The average molecular weight is 331 g/mol. The number of carbonyl (C=O) groups excluding carboxylic acids is 2. The number of hydrogen-bond acceptors (Lipinski definition) is 4. The maximum absolute atomic E-state index is 12.0. The van der Waals surface area contributed by atoms with Crippen LogP contribution in [0.5, 0.6) is 0 Å². The summed E-state index contributed by atoms with van der Waals surface area (Å²) in [6.45, 7) is 7.02. The van der Waals surface area contributed by atoms with Gasteiger partial charge in [-0.3, -0.25) is 0 Å². The Hall–Kier alpha value is -2.30. The number of esters is 1. The van der Waals surface area contributed by atoms with Gasteiger partial charge in [-0.1, -0.05) is 36.4 Å². The molecule has 1 saturated heterocycles. The van der Waals surface area contributed by atoms with Crippen molar-refractivity contribution in [3.63, 3.8) is 0 Å². The fraction of sp³-hybridized carbons (Fsp3) is 0.474. The fourth-order valence-corrected chi connectivity index (χ4v) is 2.43. The summed E-state index contributed by atoms with van der Waals surface area (Å²) in [7, 11) is 0. The zero-order chi connectivity index (χ0) is 17.6. The lowest BCUT2D eigenvalue weighted by Gasteiger charge is -2.24. The Morgan fingerprint density at radius 1 is 1.25 bits per heavy atom. The SMILES string of the molecule is CC(C)(C)OC(=O)N1CC[C@@H](C=CC(=O)OCc2ccccc2)C1. The summed E-state index contributed by atoms with van der Waals surface area (Å²) in [4.78, 5) is 25.4. The van der Waals surface area contributed by atoms with Crippen LogP contribution in [0.25, 0.3) is 0 Å². The molecule has 0 bridgehead atoms. The van der Waals surface area contributed by atoms with Crippen molar-refractivity contribution in [2.45, 2.75) is 39.4 Å². The minimum Gasteiger partial charge on any atom is -0.458 e. The van der Waals surface area contributed by atoms with Gasteiger partial charge in [-0.05, 0) is 38.7 Å². The van der Waals surface area contributed by atoms with E-state index in [-0.39, 0.29) is 24.6 Å². The van der Waals surface area contributed by atoms with E-state index in [1.807, 2.05) is 57.2 Å². The van der Waals surface area contributed by atoms with Crippen LogP contribution < -0.4 is 0 Å². The second kappa shape index (κ2) is 7.99. The normalized spacial score (nSPS) is 18.0. The van der Waals surface area contributed by atoms with Gasteiger partial charge in [0.15, 0.2) is 0 Å². The standard InChI is InChI=1S/C19H25NO4/c1-19(2,3)24-18(22)20-12-11-15(13-20)9-10-17(21)23-14-16-7-5-4-6-8-16/h4-10,15H,11-14H2,1-3H3/t15-/m1/s1. The molecule has 1 atom stereocenters. The number of carbonyl (C=O) groups is 2. The molecular formula is C19H25NO4. The van der Waals surface area contributed by atoms with Gasteiger partial charge in [0.05, 0.1) is 0 Å². The van der Waals surface area contributed by atoms with Crippen LogP contribution in [-0.4, -0.2) is 35.7 Å². The van der Waals surface area contributed by atoms with Crippen molar-refractivity contribution in [2.24, 2.45) is 5.92 Å². The minimum atomic E-state index is -0.494. The average Bonchev–Trinajstić information content (AvgIpc) is 2.99. The molecule has 0 saturated carbocycles. The highest BCUT2D eigenvalue weighted by Crippen LogP contribution is 2.20. The van der Waals surface area contributed by atoms with Gasteiger partial charge in [0, 0.05) is 19.2 Å². The highest BCUT2D eigenvalue weighted by atomic mass is 16.6. The van der Waals surface area contributed by atoms with Crippen molar-refractivity contribution in [3.05, 3.63) is 48.0 Å². The lowest BCUT2D eigenvalue weighted by Crippen LogP contribution is -2.35. The maximum Gasteiger partial charge on any atom is 0.410 e. The summed E-state index contributed by atoms with van der Waals surface area (Å²) < 4.78 is 10.6. The summed E-state index contributed by atoms with van der Waals surface area (Å²) in [5.74, 6) is -0.212. The van der Waals surface area contributed by atoms with E-state index in [1.165, 1.54) is 6.08 Å². The van der Waals surface area contributed by atoms with Gasteiger partial charge in [-0.25, -0.2) is 9.59 Å². The van der Waals surface area contributed by atoms with Crippen molar-refractivity contribution in [1.82, 2.24) is 4.90 Å². The first-order chi connectivity index (χ1) is 11.3. The molecule has 5 nitrogen and oxygen atoms in total.